The number of nitrogens with two attached hydrogens (primary N) is 1. The van der Waals surface area contributed by atoms with Gasteiger partial charge in [-0.25, -0.2) is 8.42 Å². The molecule has 0 aliphatic rings. The third-order valence-electron chi connectivity index (χ3n) is 2.92. The molecule has 0 aliphatic heterocycles. The fourth-order valence-corrected chi connectivity index (χ4v) is 3.76. The lowest BCUT2D eigenvalue weighted by molar-refractivity contribution is 0.600. The number of nitrogens with zero attached hydrogens (tertiary/aromatic N) is 1. The number of nitrogen functional groups attached to an aromatic ring is 1. The van der Waals surface area contributed by atoms with Crippen LogP contribution in [0.4, 0.5) is 11.4 Å². The highest BCUT2D eigenvalue weighted by atomic mass is 79.9. The summed E-state index contributed by atoms with van der Waals surface area (Å²) in [4.78, 5) is 0.110. The van der Waals surface area contributed by atoms with Crippen molar-refractivity contribution in [3.63, 3.8) is 0 Å². The molecule has 0 saturated heterocycles. The van der Waals surface area contributed by atoms with Crippen molar-refractivity contribution in [1.29, 1.82) is 5.26 Å². The maximum Gasteiger partial charge on any atom is 0.262 e. The van der Waals surface area contributed by atoms with Gasteiger partial charge in [0.05, 0.1) is 16.5 Å². The van der Waals surface area contributed by atoms with Crippen LogP contribution in [0.5, 0.6) is 0 Å². The lowest BCUT2D eigenvalue weighted by atomic mass is 10.2. The van der Waals surface area contributed by atoms with Crippen LogP contribution in [0.25, 0.3) is 0 Å². The molecule has 0 fully saturated rings. The maximum absolute atomic E-state index is 12.4. The first-order valence-electron chi connectivity index (χ1n) is 5.92. The number of anilines is 2. The van der Waals surface area contributed by atoms with Gasteiger partial charge in [0.25, 0.3) is 10.0 Å². The average Bonchev–Trinajstić information content (AvgIpc) is 2.43. The Morgan fingerprint density at radius 1 is 1.24 bits per heavy atom. The molecule has 0 aromatic heterocycles. The Balaban J connectivity index is 2.41. The van der Waals surface area contributed by atoms with Gasteiger partial charge in [0.2, 0.25) is 0 Å². The zero-order chi connectivity index (χ0) is 15.6. The lowest BCUT2D eigenvalue weighted by Gasteiger charge is -2.12. The minimum Gasteiger partial charge on any atom is -0.398 e. The van der Waals surface area contributed by atoms with Gasteiger partial charge < -0.3 is 5.73 Å². The van der Waals surface area contributed by atoms with Gasteiger partial charge in [-0.1, -0.05) is 15.9 Å². The molecule has 0 amide bonds. The molecule has 108 valence electrons. The molecule has 3 N–H and O–H groups in total. The van der Waals surface area contributed by atoms with Gasteiger partial charge in [-0.15, -0.1) is 0 Å². The number of hydrogen-bond acceptors (Lipinski definition) is 4. The Labute approximate surface area is 131 Å². The van der Waals surface area contributed by atoms with Crippen molar-refractivity contribution in [2.75, 3.05) is 10.5 Å². The van der Waals surface area contributed by atoms with Crippen molar-refractivity contribution in [3.8, 4) is 6.07 Å². The molecule has 0 bridgehead atoms. The van der Waals surface area contributed by atoms with E-state index in [1.807, 2.05) is 6.07 Å². The number of halogens is 1. The van der Waals surface area contributed by atoms with Gasteiger partial charge in [0.15, 0.2) is 0 Å². The van der Waals surface area contributed by atoms with Crippen LogP contribution in [0.3, 0.4) is 0 Å². The highest BCUT2D eigenvalue weighted by Gasteiger charge is 2.19. The highest BCUT2D eigenvalue weighted by Crippen LogP contribution is 2.27. The van der Waals surface area contributed by atoms with E-state index in [4.69, 9.17) is 11.0 Å². The van der Waals surface area contributed by atoms with Crippen LogP contribution in [0.1, 0.15) is 11.1 Å². The van der Waals surface area contributed by atoms with Crippen molar-refractivity contribution in [2.24, 2.45) is 0 Å². The summed E-state index contributed by atoms with van der Waals surface area (Å²) in [5, 5.41) is 8.73. The van der Waals surface area contributed by atoms with Crippen LogP contribution in [-0.4, -0.2) is 8.42 Å². The SMILES string of the molecule is Cc1c(N)cc(Br)cc1S(=O)(=O)Nc1ccc(C#N)cc1. The standard InChI is InChI=1S/C14H12BrN3O2S/c1-9-13(17)6-11(15)7-14(9)21(19,20)18-12-4-2-10(8-16)3-5-12/h2-7,18H,17H2,1H3. The van der Waals surface area contributed by atoms with E-state index in [-0.39, 0.29) is 4.90 Å². The second-order valence-electron chi connectivity index (χ2n) is 4.41. The molecular weight excluding hydrogens is 354 g/mol. The molecule has 5 nitrogen and oxygen atoms in total. The van der Waals surface area contributed by atoms with E-state index in [1.54, 1.807) is 25.1 Å². The predicted molar refractivity (Wildman–Crippen MR) is 85.3 cm³/mol. The summed E-state index contributed by atoms with van der Waals surface area (Å²) in [6.45, 7) is 1.65. The van der Waals surface area contributed by atoms with Gasteiger partial charge in [0.1, 0.15) is 0 Å². The normalized spacial score (nSPS) is 10.9. The molecule has 0 spiro atoms. The summed E-state index contributed by atoms with van der Waals surface area (Å²) in [6.07, 6.45) is 0. The van der Waals surface area contributed by atoms with Crippen LogP contribution in [-0.2, 0) is 10.0 Å². The number of nitriles is 1. The van der Waals surface area contributed by atoms with Crippen molar-refractivity contribution in [3.05, 3.63) is 52.0 Å². The monoisotopic (exact) mass is 365 g/mol. The summed E-state index contributed by atoms with van der Waals surface area (Å²) in [7, 11) is -3.75. The number of rotatable bonds is 3. The van der Waals surface area contributed by atoms with Crippen LogP contribution in [0.2, 0.25) is 0 Å². The molecule has 0 heterocycles. The minimum absolute atomic E-state index is 0.110. The smallest absolute Gasteiger partial charge is 0.262 e. The molecule has 2 aromatic rings. The van der Waals surface area contributed by atoms with E-state index in [2.05, 4.69) is 20.7 Å². The summed E-state index contributed by atoms with van der Waals surface area (Å²) in [5.41, 5.74) is 7.51. The molecule has 0 aliphatic carbocycles. The quantitative estimate of drug-likeness (QED) is 0.817. The molecule has 21 heavy (non-hydrogen) atoms. The Morgan fingerprint density at radius 2 is 1.86 bits per heavy atom. The predicted octanol–water partition coefficient (Wildman–Crippen LogP) is 3.01. The van der Waals surface area contributed by atoms with E-state index in [9.17, 15) is 8.42 Å². The molecule has 2 rings (SSSR count). The van der Waals surface area contributed by atoms with E-state index < -0.39 is 10.0 Å². The number of benzene rings is 2. The largest absolute Gasteiger partial charge is 0.398 e. The fraction of sp³-hybridized carbons (Fsp3) is 0.0714. The number of nitrogens with one attached hydrogen (secondary N) is 1. The maximum atomic E-state index is 12.4. The van der Waals surface area contributed by atoms with Crippen LogP contribution >= 0.6 is 15.9 Å². The number of sulfonamides is 1. The summed E-state index contributed by atoms with van der Waals surface area (Å²) in [6, 6.07) is 11.3. The van der Waals surface area contributed by atoms with Crippen molar-refractivity contribution in [1.82, 2.24) is 0 Å². The van der Waals surface area contributed by atoms with Crippen molar-refractivity contribution >= 4 is 37.3 Å². The second-order valence-corrected chi connectivity index (χ2v) is 6.98. The molecule has 2 aromatic carbocycles. The second kappa shape index (κ2) is 5.76. The first kappa shape index (κ1) is 15.4. The number of hydrogen-bond donors (Lipinski definition) is 2. The van der Waals surface area contributed by atoms with Crippen molar-refractivity contribution < 1.29 is 8.42 Å². The van der Waals surface area contributed by atoms with Crippen LogP contribution in [0, 0.1) is 18.3 Å². The minimum atomic E-state index is -3.75. The topological polar surface area (TPSA) is 96.0 Å². The van der Waals surface area contributed by atoms with Crippen LogP contribution < -0.4 is 10.5 Å². The summed E-state index contributed by atoms with van der Waals surface area (Å²) < 4.78 is 27.9. The van der Waals surface area contributed by atoms with E-state index in [0.717, 1.165) is 0 Å². The van der Waals surface area contributed by atoms with E-state index in [1.165, 1.54) is 18.2 Å². The molecular formula is C14H12BrN3O2S. The fourth-order valence-electron chi connectivity index (χ4n) is 1.78. The lowest BCUT2D eigenvalue weighted by Crippen LogP contribution is -2.15. The van der Waals surface area contributed by atoms with Gasteiger partial charge in [-0.05, 0) is 48.9 Å². The average molecular weight is 366 g/mol. The van der Waals surface area contributed by atoms with Gasteiger partial charge in [0, 0.05) is 15.8 Å². The van der Waals surface area contributed by atoms with Gasteiger partial charge in [-0.2, -0.15) is 5.26 Å². The van der Waals surface area contributed by atoms with Crippen LogP contribution in [0.15, 0.2) is 45.8 Å². The first-order valence-corrected chi connectivity index (χ1v) is 8.20. The molecule has 0 saturated carbocycles. The molecule has 0 atom stereocenters. The molecule has 0 unspecified atom stereocenters. The summed E-state index contributed by atoms with van der Waals surface area (Å²) >= 11 is 3.24. The zero-order valence-corrected chi connectivity index (χ0v) is 13.5. The Hall–Kier alpha value is -2.04. The molecule has 0 radical (unpaired) electrons. The summed E-state index contributed by atoms with van der Waals surface area (Å²) in [5.74, 6) is 0. The third kappa shape index (κ3) is 3.35. The zero-order valence-electron chi connectivity index (χ0n) is 11.1. The Kier molecular flexibility index (Phi) is 4.21. The molecule has 7 heteroatoms. The Bertz CT molecular complexity index is 825. The highest BCUT2D eigenvalue weighted by molar-refractivity contribution is 9.10. The Morgan fingerprint density at radius 3 is 2.43 bits per heavy atom. The van der Waals surface area contributed by atoms with E-state index in [0.29, 0.717) is 27.0 Å². The van der Waals surface area contributed by atoms with Gasteiger partial charge in [-0.3, -0.25) is 4.72 Å². The van der Waals surface area contributed by atoms with Crippen molar-refractivity contribution in [2.45, 2.75) is 11.8 Å². The third-order valence-corrected chi connectivity index (χ3v) is 4.89. The first-order chi connectivity index (χ1) is 9.83. The van der Waals surface area contributed by atoms with Gasteiger partial charge >= 0.3 is 0 Å². The van der Waals surface area contributed by atoms with E-state index >= 15 is 0 Å².